The second-order valence-electron chi connectivity index (χ2n) is 7.56. The molecular formula is C18H39IN4. The van der Waals surface area contributed by atoms with E-state index in [9.17, 15) is 0 Å². The minimum Gasteiger partial charge on any atom is -0.357 e. The summed E-state index contributed by atoms with van der Waals surface area (Å²) in [6.07, 6.45) is 2.64. The van der Waals surface area contributed by atoms with E-state index in [1.165, 1.54) is 32.5 Å². The molecule has 5 heteroatoms. The fourth-order valence-electron chi connectivity index (χ4n) is 2.91. The van der Waals surface area contributed by atoms with Gasteiger partial charge in [0.2, 0.25) is 0 Å². The highest BCUT2D eigenvalue weighted by molar-refractivity contribution is 14.0. The first-order valence-corrected chi connectivity index (χ1v) is 9.19. The number of piperidine rings is 1. The van der Waals surface area contributed by atoms with Crippen molar-refractivity contribution in [1.29, 1.82) is 0 Å². The smallest absolute Gasteiger partial charge is 0.191 e. The minimum atomic E-state index is 0. The summed E-state index contributed by atoms with van der Waals surface area (Å²) in [4.78, 5) is 7.46. The van der Waals surface area contributed by atoms with Crippen molar-refractivity contribution in [1.82, 2.24) is 15.5 Å². The first-order chi connectivity index (χ1) is 10.4. The van der Waals surface area contributed by atoms with Crippen LogP contribution >= 0.6 is 24.0 Å². The van der Waals surface area contributed by atoms with E-state index < -0.39 is 0 Å². The predicted molar refractivity (Wildman–Crippen MR) is 113 cm³/mol. The summed E-state index contributed by atoms with van der Waals surface area (Å²) >= 11 is 0. The van der Waals surface area contributed by atoms with Gasteiger partial charge < -0.3 is 15.5 Å². The molecule has 0 aromatic heterocycles. The van der Waals surface area contributed by atoms with Crippen molar-refractivity contribution in [3.63, 3.8) is 0 Å². The molecule has 1 aliphatic rings. The highest BCUT2D eigenvalue weighted by Gasteiger charge is 2.20. The summed E-state index contributed by atoms with van der Waals surface area (Å²) in [6.45, 7) is 19.0. The van der Waals surface area contributed by atoms with Gasteiger partial charge in [0, 0.05) is 32.2 Å². The molecule has 2 unspecified atom stereocenters. The molecule has 0 radical (unpaired) electrons. The standard InChI is InChI=1S/C18H38N4.HI/c1-7-19-18(21-16(6)15(4)5)20-11-17-9-8-10-22(13-17)12-14(2)3;/h14-17H,7-13H2,1-6H3,(H2,19,20,21);1H. The number of aliphatic imine (C=N–C) groups is 1. The van der Waals surface area contributed by atoms with Crippen LogP contribution in [0.1, 0.15) is 54.4 Å². The van der Waals surface area contributed by atoms with Crippen molar-refractivity contribution in [2.45, 2.75) is 60.4 Å². The average Bonchev–Trinajstić information content (AvgIpc) is 2.44. The Hall–Kier alpha value is -0.0400. The van der Waals surface area contributed by atoms with Crippen LogP contribution in [0.3, 0.4) is 0 Å². The number of rotatable bonds is 7. The van der Waals surface area contributed by atoms with Crippen molar-refractivity contribution in [3.8, 4) is 0 Å². The minimum absolute atomic E-state index is 0. The third kappa shape index (κ3) is 9.75. The molecule has 1 rings (SSSR count). The predicted octanol–water partition coefficient (Wildman–Crippen LogP) is 3.57. The lowest BCUT2D eigenvalue weighted by Crippen LogP contribution is -2.45. The molecule has 4 nitrogen and oxygen atoms in total. The molecule has 0 aromatic rings. The molecule has 0 aromatic carbocycles. The van der Waals surface area contributed by atoms with Gasteiger partial charge in [-0.15, -0.1) is 24.0 Å². The summed E-state index contributed by atoms with van der Waals surface area (Å²) < 4.78 is 0. The van der Waals surface area contributed by atoms with Crippen LogP contribution in [0.15, 0.2) is 4.99 Å². The molecule has 1 saturated heterocycles. The Kier molecular flexibility index (Phi) is 12.3. The summed E-state index contributed by atoms with van der Waals surface area (Å²) in [7, 11) is 0. The molecule has 1 aliphatic heterocycles. The van der Waals surface area contributed by atoms with Crippen molar-refractivity contribution in [2.24, 2.45) is 22.7 Å². The zero-order chi connectivity index (χ0) is 16.5. The zero-order valence-corrected chi connectivity index (χ0v) is 18.4. The van der Waals surface area contributed by atoms with Gasteiger partial charge in [-0.2, -0.15) is 0 Å². The lowest BCUT2D eigenvalue weighted by molar-refractivity contribution is 0.162. The maximum atomic E-state index is 4.84. The number of hydrogen-bond donors (Lipinski definition) is 2. The highest BCUT2D eigenvalue weighted by Crippen LogP contribution is 2.17. The largest absolute Gasteiger partial charge is 0.357 e. The van der Waals surface area contributed by atoms with E-state index >= 15 is 0 Å². The topological polar surface area (TPSA) is 39.7 Å². The van der Waals surface area contributed by atoms with Crippen molar-refractivity contribution < 1.29 is 0 Å². The fraction of sp³-hybridized carbons (Fsp3) is 0.944. The van der Waals surface area contributed by atoms with Gasteiger partial charge in [-0.3, -0.25) is 4.99 Å². The second kappa shape index (κ2) is 12.3. The summed E-state index contributed by atoms with van der Waals surface area (Å²) in [6, 6.07) is 0.446. The first kappa shape index (κ1) is 23.0. The van der Waals surface area contributed by atoms with Crippen LogP contribution in [-0.4, -0.2) is 49.6 Å². The molecular weight excluding hydrogens is 399 g/mol. The maximum absolute atomic E-state index is 4.84. The number of guanidine groups is 1. The van der Waals surface area contributed by atoms with E-state index in [-0.39, 0.29) is 24.0 Å². The Morgan fingerprint density at radius 2 is 1.91 bits per heavy atom. The quantitative estimate of drug-likeness (QED) is 0.363. The van der Waals surface area contributed by atoms with E-state index in [0.717, 1.165) is 25.0 Å². The van der Waals surface area contributed by atoms with Crippen LogP contribution in [0.2, 0.25) is 0 Å². The highest BCUT2D eigenvalue weighted by atomic mass is 127. The normalized spacial score (nSPS) is 21.2. The molecule has 0 amide bonds. The molecule has 2 N–H and O–H groups in total. The van der Waals surface area contributed by atoms with Crippen LogP contribution in [0.25, 0.3) is 0 Å². The molecule has 2 atom stereocenters. The lowest BCUT2D eigenvalue weighted by Gasteiger charge is -2.33. The summed E-state index contributed by atoms with van der Waals surface area (Å²) in [5, 5.41) is 6.90. The third-order valence-corrected chi connectivity index (χ3v) is 4.44. The molecule has 0 saturated carbocycles. The number of hydrogen-bond acceptors (Lipinski definition) is 2. The number of halogens is 1. The van der Waals surface area contributed by atoms with Crippen LogP contribution in [0.4, 0.5) is 0 Å². The van der Waals surface area contributed by atoms with Crippen LogP contribution in [0, 0.1) is 17.8 Å². The number of nitrogens with one attached hydrogen (secondary N) is 2. The molecule has 0 bridgehead atoms. The average molecular weight is 438 g/mol. The van der Waals surface area contributed by atoms with E-state index in [4.69, 9.17) is 4.99 Å². The van der Waals surface area contributed by atoms with E-state index in [1.807, 2.05) is 0 Å². The summed E-state index contributed by atoms with van der Waals surface area (Å²) in [5.74, 6) is 3.05. The third-order valence-electron chi connectivity index (χ3n) is 4.44. The Labute approximate surface area is 161 Å². The van der Waals surface area contributed by atoms with Gasteiger partial charge >= 0.3 is 0 Å². The SMILES string of the molecule is CCNC(=NCC1CCCN(CC(C)C)C1)NC(C)C(C)C.I. The molecule has 1 heterocycles. The summed E-state index contributed by atoms with van der Waals surface area (Å²) in [5.41, 5.74) is 0. The first-order valence-electron chi connectivity index (χ1n) is 9.19. The van der Waals surface area contributed by atoms with Gasteiger partial charge in [0.25, 0.3) is 0 Å². The van der Waals surface area contributed by atoms with Crippen LogP contribution in [-0.2, 0) is 0 Å². The molecule has 138 valence electrons. The fourth-order valence-corrected chi connectivity index (χ4v) is 2.91. The van der Waals surface area contributed by atoms with Crippen molar-refractivity contribution in [3.05, 3.63) is 0 Å². The van der Waals surface area contributed by atoms with Gasteiger partial charge in [-0.25, -0.2) is 0 Å². The maximum Gasteiger partial charge on any atom is 0.191 e. The lowest BCUT2D eigenvalue weighted by atomic mass is 9.97. The van der Waals surface area contributed by atoms with Gasteiger partial charge in [0.05, 0.1) is 0 Å². The second-order valence-corrected chi connectivity index (χ2v) is 7.56. The monoisotopic (exact) mass is 438 g/mol. The van der Waals surface area contributed by atoms with Gasteiger partial charge in [0.15, 0.2) is 5.96 Å². The Morgan fingerprint density at radius 1 is 1.22 bits per heavy atom. The van der Waals surface area contributed by atoms with Gasteiger partial charge in [-0.05, 0) is 51.0 Å². The Balaban J connectivity index is 0.00000484. The van der Waals surface area contributed by atoms with E-state index in [0.29, 0.717) is 17.9 Å². The van der Waals surface area contributed by atoms with E-state index in [2.05, 4.69) is 57.1 Å². The van der Waals surface area contributed by atoms with Crippen LogP contribution < -0.4 is 10.6 Å². The van der Waals surface area contributed by atoms with Crippen molar-refractivity contribution >= 4 is 29.9 Å². The zero-order valence-electron chi connectivity index (χ0n) is 16.1. The molecule has 1 fully saturated rings. The molecule has 23 heavy (non-hydrogen) atoms. The van der Waals surface area contributed by atoms with Gasteiger partial charge in [0.1, 0.15) is 0 Å². The Bertz CT molecular complexity index is 331. The van der Waals surface area contributed by atoms with Gasteiger partial charge in [-0.1, -0.05) is 27.7 Å². The van der Waals surface area contributed by atoms with Crippen molar-refractivity contribution in [2.75, 3.05) is 32.7 Å². The van der Waals surface area contributed by atoms with E-state index in [1.54, 1.807) is 0 Å². The molecule has 0 aliphatic carbocycles. The number of nitrogens with zero attached hydrogens (tertiary/aromatic N) is 2. The molecule has 0 spiro atoms. The van der Waals surface area contributed by atoms with Crippen LogP contribution in [0.5, 0.6) is 0 Å². The number of likely N-dealkylation sites (tertiary alicyclic amines) is 1. The Morgan fingerprint density at radius 3 is 2.48 bits per heavy atom.